The molecule has 0 unspecified atom stereocenters. The summed E-state index contributed by atoms with van der Waals surface area (Å²) in [6.07, 6.45) is 6.33. The molecule has 2 amide bonds. The average Bonchev–Trinajstić information content (AvgIpc) is 2.99. The highest BCUT2D eigenvalue weighted by molar-refractivity contribution is 9.10. The Labute approximate surface area is 267 Å². The molecule has 3 aromatic carbocycles. The van der Waals surface area contributed by atoms with Crippen molar-refractivity contribution >= 4 is 55.1 Å². The number of methoxy groups -OCH3 is 1. The molecule has 0 spiro atoms. The highest BCUT2D eigenvalue weighted by Crippen LogP contribution is 2.30. The third-order valence-corrected chi connectivity index (χ3v) is 9.56. The molecule has 1 aliphatic carbocycles. The molecular formula is C32H37BrClN3O5S. The zero-order chi connectivity index (χ0) is 31.0. The van der Waals surface area contributed by atoms with Gasteiger partial charge in [-0.3, -0.25) is 13.9 Å². The summed E-state index contributed by atoms with van der Waals surface area (Å²) in [5, 5.41) is 3.41. The van der Waals surface area contributed by atoms with Crippen LogP contribution < -0.4 is 14.4 Å². The Morgan fingerprint density at radius 3 is 2.28 bits per heavy atom. The van der Waals surface area contributed by atoms with Crippen LogP contribution in [0.25, 0.3) is 0 Å². The van der Waals surface area contributed by atoms with Gasteiger partial charge in [-0.25, -0.2) is 8.42 Å². The summed E-state index contributed by atoms with van der Waals surface area (Å²) in [5.74, 6) is -0.385. The lowest BCUT2D eigenvalue weighted by Gasteiger charge is -2.35. The van der Waals surface area contributed by atoms with Crippen molar-refractivity contribution in [3.8, 4) is 5.75 Å². The van der Waals surface area contributed by atoms with Gasteiger partial charge in [0.25, 0.3) is 0 Å². The number of anilines is 1. The number of nitrogens with one attached hydrogen (secondary N) is 1. The summed E-state index contributed by atoms with van der Waals surface area (Å²) < 4.78 is 33.1. The maximum atomic E-state index is 14.3. The molecule has 230 valence electrons. The van der Waals surface area contributed by atoms with Crippen LogP contribution in [0.2, 0.25) is 5.02 Å². The minimum atomic E-state index is -3.91. The number of benzene rings is 3. The number of ether oxygens (including phenoxy) is 1. The van der Waals surface area contributed by atoms with Crippen LogP contribution in [-0.2, 0) is 32.6 Å². The van der Waals surface area contributed by atoms with Crippen LogP contribution in [0.3, 0.4) is 0 Å². The minimum Gasteiger partial charge on any atom is -0.495 e. The van der Waals surface area contributed by atoms with E-state index in [1.165, 1.54) is 24.1 Å². The molecule has 1 atom stereocenters. The number of nitrogens with zero attached hydrogens (tertiary/aromatic N) is 2. The van der Waals surface area contributed by atoms with Gasteiger partial charge < -0.3 is 15.0 Å². The van der Waals surface area contributed by atoms with E-state index >= 15 is 0 Å². The quantitative estimate of drug-likeness (QED) is 0.253. The standard InChI is InChI=1S/C32H37BrClN3O5S/c1-42-30-18-17-27(20-28(30)34)37(43(2,40)41)22-31(38)36(21-24-13-15-25(33)16-14-24)29(19-23-9-5-3-6-10-23)32(39)35-26-11-7-4-8-12-26/h3,5-6,9-10,13-18,20,26,29H,4,7-8,11-12,19,21-22H2,1-2H3,(H,35,39)/t29-/m0/s1. The van der Waals surface area contributed by atoms with Gasteiger partial charge in [0.1, 0.15) is 18.3 Å². The Balaban J connectivity index is 1.72. The molecule has 0 bridgehead atoms. The van der Waals surface area contributed by atoms with E-state index in [1.54, 1.807) is 6.07 Å². The van der Waals surface area contributed by atoms with E-state index in [0.717, 1.165) is 58.3 Å². The third kappa shape index (κ3) is 9.20. The summed E-state index contributed by atoms with van der Waals surface area (Å²) >= 11 is 9.77. The fourth-order valence-corrected chi connectivity index (χ4v) is 6.67. The van der Waals surface area contributed by atoms with Crippen LogP contribution in [0.1, 0.15) is 43.2 Å². The van der Waals surface area contributed by atoms with Gasteiger partial charge in [0, 0.05) is 23.5 Å². The van der Waals surface area contributed by atoms with Crippen LogP contribution in [-0.4, -0.2) is 57.1 Å². The maximum absolute atomic E-state index is 14.3. The molecular weight excluding hydrogens is 654 g/mol. The number of carbonyl (C=O) groups excluding carboxylic acids is 2. The summed E-state index contributed by atoms with van der Waals surface area (Å²) in [5.41, 5.74) is 1.91. The number of rotatable bonds is 12. The predicted molar refractivity (Wildman–Crippen MR) is 174 cm³/mol. The first-order chi connectivity index (χ1) is 20.5. The van der Waals surface area contributed by atoms with Gasteiger partial charge in [-0.15, -0.1) is 0 Å². The lowest BCUT2D eigenvalue weighted by atomic mass is 9.94. The van der Waals surface area contributed by atoms with Crippen molar-refractivity contribution in [2.24, 2.45) is 0 Å². The smallest absolute Gasteiger partial charge is 0.244 e. The molecule has 1 saturated carbocycles. The molecule has 1 fully saturated rings. The normalized spacial score (nSPS) is 14.5. The van der Waals surface area contributed by atoms with Crippen molar-refractivity contribution < 1.29 is 22.7 Å². The molecule has 0 aromatic heterocycles. The first-order valence-corrected chi connectivity index (χ1v) is 17.3. The van der Waals surface area contributed by atoms with Crippen LogP contribution >= 0.6 is 27.5 Å². The predicted octanol–water partition coefficient (Wildman–Crippen LogP) is 5.97. The fraction of sp³-hybridized carbons (Fsp3) is 0.375. The van der Waals surface area contributed by atoms with E-state index in [0.29, 0.717) is 5.75 Å². The second kappa shape index (κ2) is 15.1. The largest absolute Gasteiger partial charge is 0.495 e. The number of carbonyl (C=O) groups is 2. The lowest BCUT2D eigenvalue weighted by molar-refractivity contribution is -0.140. The highest BCUT2D eigenvalue weighted by atomic mass is 79.9. The Kier molecular flexibility index (Phi) is 11.5. The second-order valence-electron chi connectivity index (χ2n) is 10.8. The Morgan fingerprint density at radius 2 is 1.67 bits per heavy atom. The van der Waals surface area contributed by atoms with Gasteiger partial charge in [0.2, 0.25) is 21.8 Å². The van der Waals surface area contributed by atoms with Gasteiger partial charge in [0.05, 0.1) is 24.1 Å². The molecule has 4 rings (SSSR count). The van der Waals surface area contributed by atoms with Gasteiger partial charge >= 0.3 is 0 Å². The van der Waals surface area contributed by atoms with Crippen LogP contribution in [0.15, 0.2) is 77.3 Å². The number of hydrogen-bond donors (Lipinski definition) is 1. The highest BCUT2D eigenvalue weighted by Gasteiger charge is 2.34. The maximum Gasteiger partial charge on any atom is 0.244 e. The molecule has 8 nitrogen and oxygen atoms in total. The summed E-state index contributed by atoms with van der Waals surface area (Å²) in [6.45, 7) is -0.400. The first kappa shape index (κ1) is 32.8. The van der Waals surface area contributed by atoms with E-state index in [4.69, 9.17) is 16.3 Å². The van der Waals surface area contributed by atoms with Crippen molar-refractivity contribution in [2.75, 3.05) is 24.2 Å². The Bertz CT molecular complexity index is 1500. The van der Waals surface area contributed by atoms with Gasteiger partial charge in [-0.2, -0.15) is 0 Å². The number of hydrogen-bond acceptors (Lipinski definition) is 5. The van der Waals surface area contributed by atoms with E-state index in [-0.39, 0.29) is 35.6 Å². The number of halogens is 2. The minimum absolute atomic E-state index is 0.0399. The molecule has 43 heavy (non-hydrogen) atoms. The summed E-state index contributed by atoms with van der Waals surface area (Å²) in [7, 11) is -2.45. The van der Waals surface area contributed by atoms with E-state index in [9.17, 15) is 18.0 Å². The van der Waals surface area contributed by atoms with Crippen LogP contribution in [0.4, 0.5) is 5.69 Å². The van der Waals surface area contributed by atoms with Crippen molar-refractivity contribution in [1.82, 2.24) is 10.2 Å². The van der Waals surface area contributed by atoms with Crippen molar-refractivity contribution in [3.05, 3.63) is 93.4 Å². The molecule has 11 heteroatoms. The molecule has 0 saturated heterocycles. The Morgan fingerprint density at radius 1 is 1.00 bits per heavy atom. The molecule has 1 N–H and O–H groups in total. The van der Waals surface area contributed by atoms with Crippen molar-refractivity contribution in [2.45, 2.75) is 57.2 Å². The molecule has 1 aliphatic rings. The van der Waals surface area contributed by atoms with Crippen molar-refractivity contribution in [3.63, 3.8) is 0 Å². The summed E-state index contributed by atoms with van der Waals surface area (Å²) in [6, 6.07) is 20.7. The van der Waals surface area contributed by atoms with Gasteiger partial charge in [-0.05, 0) is 54.3 Å². The van der Waals surface area contributed by atoms with E-state index < -0.39 is 28.5 Å². The molecule has 0 radical (unpaired) electrons. The Hall–Kier alpha value is -3.08. The van der Waals surface area contributed by atoms with Crippen molar-refractivity contribution in [1.29, 1.82) is 0 Å². The number of amides is 2. The lowest BCUT2D eigenvalue weighted by Crippen LogP contribution is -2.55. The van der Waals surface area contributed by atoms with E-state index in [2.05, 4.69) is 21.2 Å². The summed E-state index contributed by atoms with van der Waals surface area (Å²) in [4.78, 5) is 29.8. The second-order valence-corrected chi connectivity index (χ2v) is 14.0. The van der Waals surface area contributed by atoms with Crippen LogP contribution in [0, 0.1) is 0 Å². The third-order valence-electron chi connectivity index (χ3n) is 7.59. The van der Waals surface area contributed by atoms with E-state index in [1.807, 2.05) is 54.6 Å². The molecule has 0 heterocycles. The zero-order valence-corrected chi connectivity index (χ0v) is 27.5. The average molecular weight is 691 g/mol. The molecule has 3 aromatic rings. The van der Waals surface area contributed by atoms with Crippen LogP contribution in [0.5, 0.6) is 5.75 Å². The molecule has 0 aliphatic heterocycles. The first-order valence-electron chi connectivity index (χ1n) is 14.2. The van der Waals surface area contributed by atoms with Gasteiger partial charge in [-0.1, -0.05) is 89.3 Å². The SMILES string of the molecule is COc1ccc(N(CC(=O)N(Cc2ccc(Br)cc2)[C@@H](Cc2ccccc2)C(=O)NC2CCCCC2)S(C)(=O)=O)cc1Cl. The fourth-order valence-electron chi connectivity index (χ4n) is 5.31. The number of sulfonamides is 1. The zero-order valence-electron chi connectivity index (χ0n) is 24.3. The van der Waals surface area contributed by atoms with Gasteiger partial charge in [0.15, 0.2) is 0 Å². The monoisotopic (exact) mass is 689 g/mol. The topological polar surface area (TPSA) is 96.0 Å².